The second kappa shape index (κ2) is 3.71. The Bertz CT molecular complexity index is 209. The summed E-state index contributed by atoms with van der Waals surface area (Å²) in [5.41, 5.74) is 5.01. The van der Waals surface area contributed by atoms with Gasteiger partial charge in [-0.25, -0.2) is 0 Å². The lowest BCUT2D eigenvalue weighted by atomic mass is 10.1. The van der Waals surface area contributed by atoms with Gasteiger partial charge in [0.15, 0.2) is 0 Å². The number of rotatable bonds is 2. The fourth-order valence-corrected chi connectivity index (χ4v) is 1.17. The number of alkyl halides is 3. The van der Waals surface area contributed by atoms with Crippen LogP contribution < -0.4 is 5.73 Å². The Balaban J connectivity index is 0.00000144. The maximum Gasteiger partial charge on any atom is 0.392 e. The number of hydrogen-bond donors (Lipinski definition) is 2. The van der Waals surface area contributed by atoms with Crippen LogP contribution in [-0.4, -0.2) is 23.3 Å². The highest BCUT2D eigenvalue weighted by molar-refractivity contribution is 5.85. The van der Waals surface area contributed by atoms with Gasteiger partial charge in [-0.1, -0.05) is 0 Å². The van der Waals surface area contributed by atoms with E-state index in [2.05, 4.69) is 0 Å². The van der Waals surface area contributed by atoms with Crippen LogP contribution >= 0.6 is 12.4 Å². The molecule has 0 heterocycles. The van der Waals surface area contributed by atoms with Gasteiger partial charge in [0.2, 0.25) is 0 Å². The second-order valence-corrected chi connectivity index (χ2v) is 2.91. The highest BCUT2D eigenvalue weighted by Crippen LogP contribution is 2.51. The standard InChI is InChI=1S/C6H8F3NO2.ClH/c7-6(8,9)3-1-2(3)4(10)5(11)12;/h2-4H,1,10H2,(H,11,12);1H. The summed E-state index contributed by atoms with van der Waals surface area (Å²) in [6.45, 7) is 0. The van der Waals surface area contributed by atoms with Gasteiger partial charge in [-0.3, -0.25) is 4.79 Å². The quantitative estimate of drug-likeness (QED) is 0.729. The summed E-state index contributed by atoms with van der Waals surface area (Å²) in [7, 11) is 0. The fourth-order valence-electron chi connectivity index (χ4n) is 1.17. The molecule has 1 saturated carbocycles. The second-order valence-electron chi connectivity index (χ2n) is 2.91. The molecule has 0 amide bonds. The van der Waals surface area contributed by atoms with E-state index in [4.69, 9.17) is 10.8 Å². The van der Waals surface area contributed by atoms with E-state index < -0.39 is 30.0 Å². The van der Waals surface area contributed by atoms with Gasteiger partial charge in [-0.15, -0.1) is 12.4 Å². The molecule has 1 aliphatic carbocycles. The molecule has 3 nitrogen and oxygen atoms in total. The van der Waals surface area contributed by atoms with E-state index in [0.29, 0.717) is 0 Å². The van der Waals surface area contributed by atoms with E-state index in [1.807, 2.05) is 0 Å². The molecular weight excluding hydrogens is 211 g/mol. The van der Waals surface area contributed by atoms with Crippen LogP contribution in [0.1, 0.15) is 6.42 Å². The number of carboxylic acid groups (broad SMARTS) is 1. The summed E-state index contributed by atoms with van der Waals surface area (Å²) in [6.07, 6.45) is -4.45. The summed E-state index contributed by atoms with van der Waals surface area (Å²) < 4.78 is 35.6. The molecule has 1 rings (SSSR count). The third-order valence-electron chi connectivity index (χ3n) is 2.01. The Morgan fingerprint density at radius 1 is 1.54 bits per heavy atom. The van der Waals surface area contributed by atoms with Gasteiger partial charge in [-0.05, 0) is 12.3 Å². The molecule has 0 bridgehead atoms. The zero-order chi connectivity index (χ0) is 9.52. The molecule has 0 spiro atoms. The van der Waals surface area contributed by atoms with E-state index >= 15 is 0 Å². The Labute approximate surface area is 78.5 Å². The molecule has 0 aliphatic heterocycles. The first kappa shape index (κ1) is 12.5. The lowest BCUT2D eigenvalue weighted by Crippen LogP contribution is -2.34. The summed E-state index contributed by atoms with van der Waals surface area (Å²) in [6, 6.07) is -1.38. The Hall–Kier alpha value is -0.490. The number of aliphatic carboxylic acids is 1. The minimum atomic E-state index is -4.29. The van der Waals surface area contributed by atoms with Crippen molar-refractivity contribution in [2.75, 3.05) is 0 Å². The average molecular weight is 220 g/mol. The Kier molecular flexibility index (Phi) is 3.57. The maximum absolute atomic E-state index is 11.9. The molecule has 0 aromatic rings. The van der Waals surface area contributed by atoms with Crippen molar-refractivity contribution in [1.82, 2.24) is 0 Å². The molecule has 0 aromatic heterocycles. The van der Waals surface area contributed by atoms with Crippen LogP contribution in [0, 0.1) is 11.8 Å². The molecule has 3 atom stereocenters. The molecule has 0 radical (unpaired) electrons. The van der Waals surface area contributed by atoms with Crippen LogP contribution in [0.5, 0.6) is 0 Å². The molecule has 1 aliphatic rings. The monoisotopic (exact) mass is 219 g/mol. The molecule has 7 heteroatoms. The zero-order valence-electron chi connectivity index (χ0n) is 6.41. The van der Waals surface area contributed by atoms with Gasteiger partial charge in [0.05, 0.1) is 5.92 Å². The molecule has 3 N–H and O–H groups in total. The number of nitrogens with two attached hydrogens (primary N) is 1. The summed E-state index contributed by atoms with van der Waals surface area (Å²) in [5.74, 6) is -3.81. The van der Waals surface area contributed by atoms with Crippen LogP contribution in [0.4, 0.5) is 13.2 Å². The molecule has 78 valence electrons. The number of carbonyl (C=O) groups is 1. The first-order valence-corrected chi connectivity index (χ1v) is 3.39. The lowest BCUT2D eigenvalue weighted by molar-refractivity contribution is -0.153. The highest BCUT2D eigenvalue weighted by atomic mass is 35.5. The predicted octanol–water partition coefficient (Wildman–Crippen LogP) is 1.02. The van der Waals surface area contributed by atoms with Crippen LogP contribution in [0.2, 0.25) is 0 Å². The van der Waals surface area contributed by atoms with Crippen LogP contribution in [0.15, 0.2) is 0 Å². The van der Waals surface area contributed by atoms with Crippen molar-refractivity contribution in [1.29, 1.82) is 0 Å². The van der Waals surface area contributed by atoms with Gasteiger partial charge < -0.3 is 10.8 Å². The molecule has 0 saturated heterocycles. The predicted molar refractivity (Wildman–Crippen MR) is 40.5 cm³/mol. The minimum absolute atomic E-state index is 0. The van der Waals surface area contributed by atoms with Gasteiger partial charge in [-0.2, -0.15) is 13.2 Å². The van der Waals surface area contributed by atoms with Crippen LogP contribution in [0.25, 0.3) is 0 Å². The Morgan fingerprint density at radius 2 is 2.00 bits per heavy atom. The Morgan fingerprint density at radius 3 is 2.23 bits per heavy atom. The first-order chi connectivity index (χ1) is 5.34. The van der Waals surface area contributed by atoms with E-state index in [9.17, 15) is 18.0 Å². The molecule has 13 heavy (non-hydrogen) atoms. The van der Waals surface area contributed by atoms with Crippen LogP contribution in [-0.2, 0) is 4.79 Å². The largest absolute Gasteiger partial charge is 0.480 e. The van der Waals surface area contributed by atoms with Gasteiger partial charge >= 0.3 is 12.1 Å². The van der Waals surface area contributed by atoms with E-state index in [1.54, 1.807) is 0 Å². The lowest BCUT2D eigenvalue weighted by Gasteiger charge is -2.07. The highest BCUT2D eigenvalue weighted by Gasteiger charge is 2.58. The third kappa shape index (κ3) is 2.73. The number of halogens is 4. The summed E-state index contributed by atoms with van der Waals surface area (Å²) in [4.78, 5) is 10.2. The van der Waals surface area contributed by atoms with Gasteiger partial charge in [0.1, 0.15) is 6.04 Å². The van der Waals surface area contributed by atoms with Crippen molar-refractivity contribution >= 4 is 18.4 Å². The van der Waals surface area contributed by atoms with Crippen molar-refractivity contribution in [3.05, 3.63) is 0 Å². The van der Waals surface area contributed by atoms with Crippen molar-refractivity contribution < 1.29 is 23.1 Å². The van der Waals surface area contributed by atoms with E-state index in [0.717, 1.165) is 0 Å². The normalized spacial score (nSPS) is 28.9. The molecule has 3 unspecified atom stereocenters. The number of hydrogen-bond acceptors (Lipinski definition) is 2. The summed E-state index contributed by atoms with van der Waals surface area (Å²) >= 11 is 0. The fraction of sp³-hybridized carbons (Fsp3) is 0.833. The van der Waals surface area contributed by atoms with Crippen molar-refractivity contribution in [2.24, 2.45) is 17.6 Å². The summed E-state index contributed by atoms with van der Waals surface area (Å²) in [5, 5.41) is 8.28. The topological polar surface area (TPSA) is 63.3 Å². The average Bonchev–Trinajstić information content (AvgIpc) is 2.61. The SMILES string of the molecule is Cl.NC(C(=O)O)C1CC1C(F)(F)F. The van der Waals surface area contributed by atoms with Crippen molar-refractivity contribution in [3.63, 3.8) is 0 Å². The van der Waals surface area contributed by atoms with E-state index in [1.165, 1.54) is 0 Å². The first-order valence-electron chi connectivity index (χ1n) is 3.39. The van der Waals surface area contributed by atoms with Crippen LogP contribution in [0.3, 0.4) is 0 Å². The molecule has 1 fully saturated rings. The van der Waals surface area contributed by atoms with Crippen molar-refractivity contribution in [2.45, 2.75) is 18.6 Å². The number of carboxylic acids is 1. The molecular formula is C6H9ClF3NO2. The minimum Gasteiger partial charge on any atom is -0.480 e. The zero-order valence-corrected chi connectivity index (χ0v) is 7.23. The van der Waals surface area contributed by atoms with Gasteiger partial charge in [0, 0.05) is 0 Å². The van der Waals surface area contributed by atoms with E-state index in [-0.39, 0.29) is 18.8 Å². The molecule has 0 aromatic carbocycles. The van der Waals surface area contributed by atoms with Gasteiger partial charge in [0.25, 0.3) is 0 Å². The smallest absolute Gasteiger partial charge is 0.392 e. The van der Waals surface area contributed by atoms with Crippen molar-refractivity contribution in [3.8, 4) is 0 Å². The maximum atomic E-state index is 11.9. The third-order valence-corrected chi connectivity index (χ3v) is 2.01.